The SMILES string of the molecule is CCOC(=O)/C(C#N)=C/c1ccc(-c2ccc(C)c([N+](=O)[O-])c2)o1. The second kappa shape index (κ2) is 7.24. The van der Waals surface area contributed by atoms with Gasteiger partial charge in [0.25, 0.3) is 5.69 Å². The summed E-state index contributed by atoms with van der Waals surface area (Å²) in [7, 11) is 0. The molecule has 0 aliphatic heterocycles. The van der Waals surface area contributed by atoms with Crippen LogP contribution >= 0.6 is 0 Å². The number of carbonyl (C=O) groups excluding carboxylic acids is 1. The first kappa shape index (κ1) is 17.0. The highest BCUT2D eigenvalue weighted by Crippen LogP contribution is 2.28. The van der Waals surface area contributed by atoms with E-state index in [1.54, 1.807) is 44.2 Å². The average molecular weight is 326 g/mol. The summed E-state index contributed by atoms with van der Waals surface area (Å²) in [6.07, 6.45) is 1.27. The van der Waals surface area contributed by atoms with Crippen molar-refractivity contribution in [3.05, 3.63) is 57.3 Å². The quantitative estimate of drug-likeness (QED) is 0.273. The van der Waals surface area contributed by atoms with Crippen molar-refractivity contribution in [2.75, 3.05) is 6.61 Å². The van der Waals surface area contributed by atoms with E-state index in [4.69, 9.17) is 14.4 Å². The van der Waals surface area contributed by atoms with E-state index < -0.39 is 10.9 Å². The molecule has 122 valence electrons. The fraction of sp³-hybridized carbons (Fsp3) is 0.176. The lowest BCUT2D eigenvalue weighted by Gasteiger charge is -2.00. The van der Waals surface area contributed by atoms with Crippen molar-refractivity contribution in [1.82, 2.24) is 0 Å². The first-order chi connectivity index (χ1) is 11.5. The van der Waals surface area contributed by atoms with Crippen molar-refractivity contribution >= 4 is 17.7 Å². The lowest BCUT2D eigenvalue weighted by atomic mass is 10.1. The van der Waals surface area contributed by atoms with Gasteiger partial charge in [-0.2, -0.15) is 5.26 Å². The molecule has 0 saturated heterocycles. The molecule has 7 nitrogen and oxygen atoms in total. The summed E-state index contributed by atoms with van der Waals surface area (Å²) >= 11 is 0. The molecule has 1 aromatic heterocycles. The Morgan fingerprint density at radius 3 is 2.79 bits per heavy atom. The lowest BCUT2D eigenvalue weighted by Crippen LogP contribution is -2.05. The summed E-state index contributed by atoms with van der Waals surface area (Å²) in [4.78, 5) is 22.1. The zero-order valence-corrected chi connectivity index (χ0v) is 13.1. The topological polar surface area (TPSA) is 106 Å². The number of nitriles is 1. The molecule has 1 heterocycles. The molecule has 2 aromatic rings. The number of hydrogen-bond acceptors (Lipinski definition) is 6. The van der Waals surface area contributed by atoms with E-state index in [-0.39, 0.29) is 23.6 Å². The molecule has 0 atom stereocenters. The zero-order valence-electron chi connectivity index (χ0n) is 13.1. The standard InChI is InChI=1S/C17H14N2O5/c1-3-23-17(20)13(10-18)8-14-6-7-16(24-14)12-5-4-11(2)15(9-12)19(21)22/h4-9H,3H2,1-2H3/b13-8+. The minimum Gasteiger partial charge on any atom is -0.462 e. The van der Waals surface area contributed by atoms with E-state index in [9.17, 15) is 14.9 Å². The van der Waals surface area contributed by atoms with Crippen LogP contribution in [0.4, 0.5) is 5.69 Å². The van der Waals surface area contributed by atoms with Gasteiger partial charge in [-0.1, -0.05) is 12.1 Å². The maximum Gasteiger partial charge on any atom is 0.349 e. The van der Waals surface area contributed by atoms with E-state index in [0.29, 0.717) is 16.9 Å². The molecular formula is C17H14N2O5. The molecule has 0 fully saturated rings. The van der Waals surface area contributed by atoms with Gasteiger partial charge < -0.3 is 9.15 Å². The second-order valence-corrected chi connectivity index (χ2v) is 4.85. The number of rotatable bonds is 5. The minimum atomic E-state index is -0.732. The Kier molecular flexibility index (Phi) is 5.12. The van der Waals surface area contributed by atoms with Gasteiger partial charge >= 0.3 is 5.97 Å². The Bertz CT molecular complexity index is 858. The number of ether oxygens (including phenoxy) is 1. The average Bonchev–Trinajstić information content (AvgIpc) is 3.01. The molecular weight excluding hydrogens is 312 g/mol. The number of esters is 1. The Balaban J connectivity index is 2.34. The van der Waals surface area contributed by atoms with E-state index in [2.05, 4.69) is 0 Å². The highest BCUT2D eigenvalue weighted by Gasteiger charge is 2.15. The Morgan fingerprint density at radius 1 is 1.42 bits per heavy atom. The third-order valence-corrected chi connectivity index (χ3v) is 3.22. The molecule has 0 radical (unpaired) electrons. The summed E-state index contributed by atoms with van der Waals surface area (Å²) in [6.45, 7) is 3.45. The van der Waals surface area contributed by atoms with Gasteiger partial charge in [0.2, 0.25) is 0 Å². The fourth-order valence-corrected chi connectivity index (χ4v) is 2.03. The van der Waals surface area contributed by atoms with Gasteiger partial charge in [0, 0.05) is 23.3 Å². The van der Waals surface area contributed by atoms with Crippen LogP contribution in [0.25, 0.3) is 17.4 Å². The van der Waals surface area contributed by atoms with E-state index in [0.717, 1.165) is 0 Å². The van der Waals surface area contributed by atoms with Gasteiger partial charge in [-0.25, -0.2) is 4.79 Å². The molecule has 0 aliphatic carbocycles. The predicted octanol–water partition coefficient (Wildman–Crippen LogP) is 3.63. The first-order valence-electron chi connectivity index (χ1n) is 7.10. The summed E-state index contributed by atoms with van der Waals surface area (Å²) in [5, 5.41) is 20.0. The number of benzene rings is 1. The van der Waals surface area contributed by atoms with Crippen LogP contribution in [0, 0.1) is 28.4 Å². The smallest absolute Gasteiger partial charge is 0.349 e. The normalized spacial score (nSPS) is 11.0. The van der Waals surface area contributed by atoms with Gasteiger partial charge in [0.1, 0.15) is 23.2 Å². The molecule has 0 aliphatic rings. The molecule has 2 rings (SSSR count). The summed E-state index contributed by atoms with van der Waals surface area (Å²) in [5.74, 6) is -0.0627. The predicted molar refractivity (Wildman–Crippen MR) is 85.8 cm³/mol. The van der Waals surface area contributed by atoms with Crippen molar-refractivity contribution in [3.63, 3.8) is 0 Å². The summed E-state index contributed by atoms with van der Waals surface area (Å²) in [6, 6.07) is 9.68. The highest BCUT2D eigenvalue weighted by molar-refractivity contribution is 5.97. The maximum absolute atomic E-state index is 11.6. The Morgan fingerprint density at radius 2 is 2.17 bits per heavy atom. The van der Waals surface area contributed by atoms with Crippen LogP contribution in [-0.2, 0) is 9.53 Å². The molecule has 0 N–H and O–H groups in total. The highest BCUT2D eigenvalue weighted by atomic mass is 16.6. The molecule has 0 saturated carbocycles. The lowest BCUT2D eigenvalue weighted by molar-refractivity contribution is -0.385. The van der Waals surface area contributed by atoms with Crippen LogP contribution in [0.3, 0.4) is 0 Å². The number of nitro benzene ring substituents is 1. The Hall–Kier alpha value is -3.40. The second-order valence-electron chi connectivity index (χ2n) is 4.85. The number of nitrogens with zero attached hydrogens (tertiary/aromatic N) is 2. The molecule has 0 bridgehead atoms. The van der Waals surface area contributed by atoms with Gasteiger partial charge in [0.15, 0.2) is 0 Å². The van der Waals surface area contributed by atoms with Crippen LogP contribution < -0.4 is 0 Å². The third-order valence-electron chi connectivity index (χ3n) is 3.22. The molecule has 7 heteroatoms. The molecule has 24 heavy (non-hydrogen) atoms. The number of hydrogen-bond donors (Lipinski definition) is 0. The Labute approximate surface area is 137 Å². The van der Waals surface area contributed by atoms with Gasteiger partial charge in [-0.15, -0.1) is 0 Å². The number of furan rings is 1. The van der Waals surface area contributed by atoms with Crippen molar-refractivity contribution < 1.29 is 18.9 Å². The van der Waals surface area contributed by atoms with E-state index in [1.807, 2.05) is 0 Å². The minimum absolute atomic E-state index is 0.00905. The zero-order chi connectivity index (χ0) is 17.7. The number of aryl methyl sites for hydroxylation is 1. The molecule has 0 unspecified atom stereocenters. The maximum atomic E-state index is 11.6. The van der Waals surface area contributed by atoms with E-state index >= 15 is 0 Å². The largest absolute Gasteiger partial charge is 0.462 e. The van der Waals surface area contributed by atoms with Gasteiger partial charge in [-0.05, 0) is 26.0 Å². The van der Waals surface area contributed by atoms with Gasteiger partial charge in [0.05, 0.1) is 11.5 Å². The monoisotopic (exact) mass is 326 g/mol. The van der Waals surface area contributed by atoms with Crippen molar-refractivity contribution in [3.8, 4) is 17.4 Å². The van der Waals surface area contributed by atoms with Crippen LogP contribution in [0.15, 0.2) is 40.3 Å². The van der Waals surface area contributed by atoms with Crippen molar-refractivity contribution in [2.24, 2.45) is 0 Å². The third kappa shape index (κ3) is 3.67. The van der Waals surface area contributed by atoms with E-state index in [1.165, 1.54) is 12.1 Å². The van der Waals surface area contributed by atoms with Crippen LogP contribution in [-0.4, -0.2) is 17.5 Å². The molecule has 0 amide bonds. The first-order valence-corrected chi connectivity index (χ1v) is 7.10. The van der Waals surface area contributed by atoms with Crippen LogP contribution in [0.1, 0.15) is 18.2 Å². The van der Waals surface area contributed by atoms with Gasteiger partial charge in [-0.3, -0.25) is 10.1 Å². The van der Waals surface area contributed by atoms with Crippen molar-refractivity contribution in [2.45, 2.75) is 13.8 Å². The summed E-state index contributed by atoms with van der Waals surface area (Å²) in [5.41, 5.74) is 0.879. The molecule has 1 aromatic carbocycles. The number of carbonyl (C=O) groups is 1. The summed E-state index contributed by atoms with van der Waals surface area (Å²) < 4.78 is 10.3. The fourth-order valence-electron chi connectivity index (χ4n) is 2.03. The van der Waals surface area contributed by atoms with Crippen molar-refractivity contribution in [1.29, 1.82) is 5.26 Å². The molecule has 0 spiro atoms. The number of nitro groups is 1. The van der Waals surface area contributed by atoms with Crippen LogP contribution in [0.2, 0.25) is 0 Å². The van der Waals surface area contributed by atoms with Crippen LogP contribution in [0.5, 0.6) is 0 Å².